The third kappa shape index (κ3) is 8.29. The summed E-state index contributed by atoms with van der Waals surface area (Å²) in [6.07, 6.45) is 0.322. The highest BCUT2D eigenvalue weighted by Gasteiger charge is 2.32. The zero-order chi connectivity index (χ0) is 28.7. The number of fused-ring (bicyclic) bond motifs is 1. The molecule has 1 amide bonds. The summed E-state index contributed by atoms with van der Waals surface area (Å²) >= 11 is 7.15. The number of benzene rings is 2. The second-order valence-corrected chi connectivity index (χ2v) is 12.4. The Morgan fingerprint density at radius 1 is 1.08 bits per heavy atom. The lowest BCUT2D eigenvalue weighted by atomic mass is 10.0. The van der Waals surface area contributed by atoms with Crippen LogP contribution in [-0.2, 0) is 24.3 Å². The van der Waals surface area contributed by atoms with Gasteiger partial charge in [-0.25, -0.2) is 22.4 Å². The Kier molecular flexibility index (Phi) is 10.6. The molecule has 13 heteroatoms. The SMILES string of the molecule is CC(C)C[C@H](NC(=O)c1cc2ccccc2s1)C(=O)OC(=O)[C@@H](CCCN)NS(=O)(=O)c1ccc(F)cc1Cl. The van der Waals surface area contributed by atoms with E-state index < -0.39 is 50.7 Å². The average Bonchev–Trinajstić information content (AvgIpc) is 3.30. The van der Waals surface area contributed by atoms with Crippen LogP contribution in [0.3, 0.4) is 0 Å². The van der Waals surface area contributed by atoms with E-state index >= 15 is 0 Å². The molecule has 0 aliphatic rings. The number of halogens is 2. The predicted octanol–water partition coefficient (Wildman–Crippen LogP) is 3.99. The first-order valence-corrected chi connectivity index (χ1v) is 14.8. The number of nitrogens with one attached hydrogen (secondary N) is 2. The zero-order valence-electron chi connectivity index (χ0n) is 21.3. The summed E-state index contributed by atoms with van der Waals surface area (Å²) in [5.74, 6) is -3.48. The lowest BCUT2D eigenvalue weighted by molar-refractivity contribution is -0.162. The van der Waals surface area contributed by atoms with Gasteiger partial charge in [0, 0.05) is 4.70 Å². The van der Waals surface area contributed by atoms with E-state index in [1.54, 1.807) is 6.07 Å². The Morgan fingerprint density at radius 2 is 1.77 bits per heavy atom. The lowest BCUT2D eigenvalue weighted by Crippen LogP contribution is -2.47. The summed E-state index contributed by atoms with van der Waals surface area (Å²) < 4.78 is 47.3. The standard InChI is InChI=1S/C26H29ClFN3O6S2/c1-15(2)12-20(30-24(32)22-13-16-6-3-4-8-21(16)38-22)26(34)37-25(33)19(7-5-11-29)31-39(35,36)23-10-9-17(28)14-18(23)27/h3-4,6,8-10,13-15,19-20,31H,5,7,11-12,29H2,1-2H3,(H,30,32)/t19-,20+/m1/s1. The first-order chi connectivity index (χ1) is 18.4. The summed E-state index contributed by atoms with van der Waals surface area (Å²) in [5.41, 5.74) is 5.53. The predicted molar refractivity (Wildman–Crippen MR) is 147 cm³/mol. The van der Waals surface area contributed by atoms with Gasteiger partial charge in [0.25, 0.3) is 5.91 Å². The van der Waals surface area contributed by atoms with Crippen molar-refractivity contribution in [1.82, 2.24) is 10.0 Å². The van der Waals surface area contributed by atoms with Gasteiger partial charge in [-0.3, -0.25) is 4.79 Å². The molecule has 39 heavy (non-hydrogen) atoms. The van der Waals surface area contributed by atoms with Crippen molar-refractivity contribution in [2.45, 2.75) is 50.1 Å². The topological polar surface area (TPSA) is 145 Å². The zero-order valence-corrected chi connectivity index (χ0v) is 23.7. The minimum Gasteiger partial charge on any atom is -0.390 e. The van der Waals surface area contributed by atoms with Crippen molar-refractivity contribution in [1.29, 1.82) is 0 Å². The molecule has 0 aliphatic heterocycles. The quantitative estimate of drug-likeness (QED) is 0.211. The van der Waals surface area contributed by atoms with Crippen LogP contribution in [0.2, 0.25) is 5.02 Å². The molecule has 0 saturated carbocycles. The summed E-state index contributed by atoms with van der Waals surface area (Å²) in [6.45, 7) is 3.80. The highest BCUT2D eigenvalue weighted by atomic mass is 35.5. The lowest BCUT2D eigenvalue weighted by Gasteiger charge is -2.21. The molecule has 1 aromatic heterocycles. The van der Waals surface area contributed by atoms with E-state index in [0.29, 0.717) is 4.88 Å². The Balaban J connectivity index is 1.76. The number of esters is 2. The Morgan fingerprint density at radius 3 is 2.41 bits per heavy atom. The van der Waals surface area contributed by atoms with Gasteiger partial charge >= 0.3 is 11.9 Å². The van der Waals surface area contributed by atoms with Crippen LogP contribution in [0.4, 0.5) is 4.39 Å². The molecule has 9 nitrogen and oxygen atoms in total. The smallest absolute Gasteiger partial charge is 0.336 e. The van der Waals surface area contributed by atoms with Gasteiger partial charge in [0.15, 0.2) is 0 Å². The van der Waals surface area contributed by atoms with Crippen molar-refractivity contribution in [2.75, 3.05) is 6.54 Å². The molecule has 0 fully saturated rings. The molecule has 0 radical (unpaired) electrons. The van der Waals surface area contributed by atoms with Crippen molar-refractivity contribution in [3.05, 3.63) is 64.2 Å². The van der Waals surface area contributed by atoms with Crippen LogP contribution in [0, 0.1) is 11.7 Å². The maximum Gasteiger partial charge on any atom is 0.336 e. The van der Waals surface area contributed by atoms with E-state index in [4.69, 9.17) is 22.1 Å². The van der Waals surface area contributed by atoms with Crippen molar-refractivity contribution in [3.63, 3.8) is 0 Å². The molecule has 4 N–H and O–H groups in total. The molecule has 0 aliphatic carbocycles. The monoisotopic (exact) mass is 597 g/mol. The number of nitrogens with two attached hydrogens (primary N) is 1. The molecule has 2 atom stereocenters. The minimum absolute atomic E-state index is 0.0486. The molecule has 0 bridgehead atoms. The van der Waals surface area contributed by atoms with Crippen LogP contribution in [0.5, 0.6) is 0 Å². The highest BCUT2D eigenvalue weighted by Crippen LogP contribution is 2.26. The van der Waals surface area contributed by atoms with Crippen LogP contribution < -0.4 is 15.8 Å². The number of thiophene rings is 1. The van der Waals surface area contributed by atoms with E-state index in [2.05, 4.69) is 10.0 Å². The van der Waals surface area contributed by atoms with Gasteiger partial charge in [-0.2, -0.15) is 4.72 Å². The molecule has 0 unspecified atom stereocenters. The fourth-order valence-electron chi connectivity index (χ4n) is 3.74. The van der Waals surface area contributed by atoms with Crippen molar-refractivity contribution < 1.29 is 31.9 Å². The Labute approximate surface area is 234 Å². The highest BCUT2D eigenvalue weighted by molar-refractivity contribution is 7.89. The number of hydrogen-bond donors (Lipinski definition) is 3. The summed E-state index contributed by atoms with van der Waals surface area (Å²) in [4.78, 5) is 38.8. The molecule has 0 spiro atoms. The molecule has 0 saturated heterocycles. The summed E-state index contributed by atoms with van der Waals surface area (Å²) in [5, 5.41) is 3.13. The maximum atomic E-state index is 13.4. The van der Waals surface area contributed by atoms with Crippen molar-refractivity contribution >= 4 is 60.9 Å². The fourth-order valence-corrected chi connectivity index (χ4v) is 6.46. The van der Waals surface area contributed by atoms with Crippen LogP contribution >= 0.6 is 22.9 Å². The summed E-state index contributed by atoms with van der Waals surface area (Å²) in [6, 6.07) is 9.18. The van der Waals surface area contributed by atoms with E-state index in [9.17, 15) is 27.2 Å². The average molecular weight is 598 g/mol. The first-order valence-electron chi connectivity index (χ1n) is 12.1. The number of carbonyl (C=O) groups excluding carboxylic acids is 3. The van der Waals surface area contributed by atoms with Gasteiger partial charge in [0.1, 0.15) is 22.8 Å². The molecular weight excluding hydrogens is 569 g/mol. The molecule has 3 rings (SSSR count). The number of carbonyl (C=O) groups is 3. The van der Waals surface area contributed by atoms with Crippen LogP contribution in [0.25, 0.3) is 10.1 Å². The molecule has 1 heterocycles. The van der Waals surface area contributed by atoms with E-state index in [1.807, 2.05) is 38.1 Å². The Bertz CT molecular complexity index is 1430. The molecule has 3 aromatic rings. The normalized spacial score (nSPS) is 13.3. The third-order valence-electron chi connectivity index (χ3n) is 5.61. The number of sulfonamides is 1. The summed E-state index contributed by atoms with van der Waals surface area (Å²) in [7, 11) is -4.40. The van der Waals surface area contributed by atoms with Crippen molar-refractivity contribution in [3.8, 4) is 0 Å². The fraction of sp³-hybridized carbons (Fsp3) is 0.346. The first kappa shape index (κ1) is 30.6. The largest absolute Gasteiger partial charge is 0.390 e. The molecule has 2 aromatic carbocycles. The second kappa shape index (κ2) is 13.4. The van der Waals surface area contributed by atoms with Gasteiger partial charge in [-0.05, 0) is 67.4 Å². The van der Waals surface area contributed by atoms with Crippen LogP contribution in [0.1, 0.15) is 42.8 Å². The van der Waals surface area contributed by atoms with Gasteiger partial charge in [0.05, 0.1) is 9.90 Å². The molecular formula is C26H29ClFN3O6S2. The van der Waals surface area contributed by atoms with Gasteiger partial charge in [-0.15, -0.1) is 11.3 Å². The van der Waals surface area contributed by atoms with Gasteiger partial charge in [0.2, 0.25) is 10.0 Å². The Hall–Kier alpha value is -2.90. The minimum atomic E-state index is -4.40. The number of amides is 1. The van der Waals surface area contributed by atoms with E-state index in [-0.39, 0.29) is 36.7 Å². The van der Waals surface area contributed by atoms with Crippen LogP contribution in [-0.4, -0.2) is 44.9 Å². The molecule has 210 valence electrons. The van der Waals surface area contributed by atoms with E-state index in [0.717, 1.165) is 28.3 Å². The van der Waals surface area contributed by atoms with E-state index in [1.165, 1.54) is 11.3 Å². The number of ether oxygens (including phenoxy) is 1. The van der Waals surface area contributed by atoms with Gasteiger partial charge < -0.3 is 15.8 Å². The van der Waals surface area contributed by atoms with Crippen molar-refractivity contribution in [2.24, 2.45) is 11.7 Å². The maximum absolute atomic E-state index is 13.4. The van der Waals surface area contributed by atoms with Gasteiger partial charge in [-0.1, -0.05) is 43.6 Å². The van der Waals surface area contributed by atoms with Crippen LogP contribution in [0.15, 0.2) is 53.4 Å². The number of hydrogen-bond acceptors (Lipinski definition) is 8. The second-order valence-electron chi connectivity index (χ2n) is 9.22. The number of rotatable bonds is 12. The third-order valence-corrected chi connectivity index (χ3v) is 8.68.